The molecule has 0 saturated heterocycles. The minimum Gasteiger partial charge on any atom is -0.507 e. The first-order chi connectivity index (χ1) is 14.6. The van der Waals surface area contributed by atoms with Crippen LogP contribution in [-0.4, -0.2) is 24.3 Å². The summed E-state index contributed by atoms with van der Waals surface area (Å²) < 4.78 is 0. The maximum atomic E-state index is 12.4. The van der Waals surface area contributed by atoms with E-state index >= 15 is 0 Å². The Bertz CT molecular complexity index is 1200. The number of anilines is 2. The first kappa shape index (κ1) is 19.2. The lowest BCUT2D eigenvalue weighted by Gasteiger charge is -2.19. The molecule has 0 aliphatic rings. The second-order valence-corrected chi connectivity index (χ2v) is 6.90. The van der Waals surface area contributed by atoms with Crippen LogP contribution in [0.15, 0.2) is 96.1 Å². The molecule has 0 aromatic heterocycles. The van der Waals surface area contributed by atoms with Crippen molar-refractivity contribution in [2.75, 3.05) is 11.9 Å². The highest BCUT2D eigenvalue weighted by molar-refractivity contribution is 6.01. The standard InChI is InChI=1S/C25H21N3O2/c1-28(21-9-3-2-4-10-21)22-13-11-18(12-14-22)17-26-27-25(30)23-15-19-7-5-6-8-20(19)16-24(23)29/h2-17,29H,1H3,(H,27,30)/b26-17-. The second-order valence-electron chi connectivity index (χ2n) is 6.90. The SMILES string of the molecule is CN(c1ccccc1)c1ccc(/C=N\NC(=O)c2cc3ccccc3cc2O)cc1. The molecule has 0 aliphatic heterocycles. The third kappa shape index (κ3) is 4.15. The van der Waals surface area contributed by atoms with Gasteiger partial charge >= 0.3 is 0 Å². The van der Waals surface area contributed by atoms with Gasteiger partial charge in [0.1, 0.15) is 5.75 Å². The highest BCUT2D eigenvalue weighted by Gasteiger charge is 2.11. The molecule has 0 spiro atoms. The van der Waals surface area contributed by atoms with Crippen molar-refractivity contribution in [2.45, 2.75) is 0 Å². The van der Waals surface area contributed by atoms with E-state index in [1.807, 2.05) is 85.9 Å². The Hall–Kier alpha value is -4.12. The fourth-order valence-corrected chi connectivity index (χ4v) is 3.22. The van der Waals surface area contributed by atoms with E-state index in [0.717, 1.165) is 27.7 Å². The number of carbonyl (C=O) groups excluding carboxylic acids is 1. The van der Waals surface area contributed by atoms with Gasteiger partial charge in [0, 0.05) is 18.4 Å². The van der Waals surface area contributed by atoms with Crippen LogP contribution in [0, 0.1) is 0 Å². The molecule has 4 aromatic carbocycles. The number of benzene rings is 4. The van der Waals surface area contributed by atoms with Crippen LogP contribution < -0.4 is 10.3 Å². The van der Waals surface area contributed by atoms with Crippen LogP contribution in [0.3, 0.4) is 0 Å². The number of fused-ring (bicyclic) bond motifs is 1. The summed E-state index contributed by atoms with van der Waals surface area (Å²) in [6.45, 7) is 0. The van der Waals surface area contributed by atoms with Gasteiger partial charge in [-0.1, -0.05) is 54.6 Å². The molecule has 5 heteroatoms. The Kier molecular flexibility index (Phi) is 5.44. The van der Waals surface area contributed by atoms with Gasteiger partial charge in [0.15, 0.2) is 0 Å². The molecule has 0 aliphatic carbocycles. The summed E-state index contributed by atoms with van der Waals surface area (Å²) in [5.74, 6) is -0.537. The predicted octanol–water partition coefficient (Wildman–Crippen LogP) is 5.08. The molecule has 148 valence electrons. The maximum Gasteiger partial charge on any atom is 0.275 e. The van der Waals surface area contributed by atoms with Gasteiger partial charge in [-0.05, 0) is 52.7 Å². The number of phenols is 1. The number of hydrogen-bond donors (Lipinski definition) is 2. The first-order valence-electron chi connectivity index (χ1n) is 9.56. The number of amides is 1. The number of hydrogen-bond acceptors (Lipinski definition) is 4. The first-order valence-corrected chi connectivity index (χ1v) is 9.56. The Morgan fingerprint density at radius 2 is 1.47 bits per heavy atom. The van der Waals surface area contributed by atoms with E-state index in [0.29, 0.717) is 0 Å². The monoisotopic (exact) mass is 395 g/mol. The minimum atomic E-state index is -0.463. The molecule has 0 atom stereocenters. The van der Waals surface area contributed by atoms with E-state index in [-0.39, 0.29) is 11.3 Å². The fourth-order valence-electron chi connectivity index (χ4n) is 3.22. The Morgan fingerprint density at radius 3 is 2.17 bits per heavy atom. The third-order valence-corrected chi connectivity index (χ3v) is 4.91. The van der Waals surface area contributed by atoms with E-state index < -0.39 is 5.91 Å². The minimum absolute atomic E-state index is 0.0743. The molecule has 0 heterocycles. The Labute approximate surface area is 174 Å². The van der Waals surface area contributed by atoms with Gasteiger partial charge in [0.05, 0.1) is 11.8 Å². The highest BCUT2D eigenvalue weighted by atomic mass is 16.3. The molecule has 4 rings (SSSR count). The Morgan fingerprint density at radius 1 is 0.867 bits per heavy atom. The molecule has 4 aromatic rings. The second kappa shape index (κ2) is 8.49. The number of para-hydroxylation sites is 1. The summed E-state index contributed by atoms with van der Waals surface area (Å²) in [7, 11) is 2.01. The van der Waals surface area contributed by atoms with Gasteiger partial charge in [-0.2, -0.15) is 5.10 Å². The molecule has 1 amide bonds. The van der Waals surface area contributed by atoms with Crippen molar-refractivity contribution in [3.8, 4) is 5.75 Å². The zero-order valence-corrected chi connectivity index (χ0v) is 16.5. The summed E-state index contributed by atoms with van der Waals surface area (Å²) in [5, 5.41) is 15.9. The molecule has 0 unspecified atom stereocenters. The summed E-state index contributed by atoms with van der Waals surface area (Å²) >= 11 is 0. The van der Waals surface area contributed by atoms with E-state index in [1.54, 1.807) is 18.3 Å². The molecule has 5 nitrogen and oxygen atoms in total. The highest BCUT2D eigenvalue weighted by Crippen LogP contribution is 2.25. The molecule has 0 radical (unpaired) electrons. The van der Waals surface area contributed by atoms with Crippen molar-refractivity contribution in [1.29, 1.82) is 0 Å². The van der Waals surface area contributed by atoms with Gasteiger partial charge in [-0.3, -0.25) is 4.79 Å². The smallest absolute Gasteiger partial charge is 0.275 e. The van der Waals surface area contributed by atoms with E-state index in [1.165, 1.54) is 0 Å². The van der Waals surface area contributed by atoms with E-state index in [4.69, 9.17) is 0 Å². The molecule has 0 saturated carbocycles. The lowest BCUT2D eigenvalue weighted by molar-refractivity contribution is 0.0952. The number of aromatic hydroxyl groups is 1. The van der Waals surface area contributed by atoms with Crippen molar-refractivity contribution >= 4 is 34.3 Å². The lowest BCUT2D eigenvalue weighted by atomic mass is 10.1. The average Bonchev–Trinajstić information content (AvgIpc) is 2.79. The van der Waals surface area contributed by atoms with Crippen molar-refractivity contribution in [3.05, 3.63) is 102 Å². The predicted molar refractivity (Wildman–Crippen MR) is 122 cm³/mol. The number of carbonyl (C=O) groups is 1. The zero-order chi connectivity index (χ0) is 20.9. The number of nitrogens with one attached hydrogen (secondary N) is 1. The topological polar surface area (TPSA) is 64.9 Å². The van der Waals surface area contributed by atoms with Crippen LogP contribution in [0.5, 0.6) is 5.75 Å². The van der Waals surface area contributed by atoms with Crippen molar-refractivity contribution in [2.24, 2.45) is 5.10 Å². The lowest BCUT2D eigenvalue weighted by Crippen LogP contribution is -2.17. The van der Waals surface area contributed by atoms with Gasteiger partial charge in [0.25, 0.3) is 5.91 Å². The number of rotatable bonds is 5. The van der Waals surface area contributed by atoms with Crippen molar-refractivity contribution in [1.82, 2.24) is 5.43 Å². The van der Waals surface area contributed by atoms with Gasteiger partial charge in [-0.15, -0.1) is 0 Å². The number of phenolic OH excluding ortho intramolecular Hbond substituents is 1. The molecule has 2 N–H and O–H groups in total. The summed E-state index contributed by atoms with van der Waals surface area (Å²) in [6, 6.07) is 28.7. The molecular weight excluding hydrogens is 374 g/mol. The van der Waals surface area contributed by atoms with Gasteiger partial charge in [-0.25, -0.2) is 5.43 Å². The fraction of sp³-hybridized carbons (Fsp3) is 0.0400. The average molecular weight is 395 g/mol. The zero-order valence-electron chi connectivity index (χ0n) is 16.5. The number of nitrogens with zero attached hydrogens (tertiary/aromatic N) is 2. The van der Waals surface area contributed by atoms with Crippen LogP contribution in [0.25, 0.3) is 10.8 Å². The van der Waals surface area contributed by atoms with Crippen LogP contribution in [0.2, 0.25) is 0 Å². The largest absolute Gasteiger partial charge is 0.507 e. The van der Waals surface area contributed by atoms with Gasteiger partial charge in [0.2, 0.25) is 0 Å². The summed E-state index contributed by atoms with van der Waals surface area (Å²) in [5.41, 5.74) is 5.66. The molecular formula is C25H21N3O2. The number of hydrazone groups is 1. The molecule has 0 fully saturated rings. The molecule has 30 heavy (non-hydrogen) atoms. The summed E-state index contributed by atoms with van der Waals surface area (Å²) in [6.07, 6.45) is 1.57. The van der Waals surface area contributed by atoms with Crippen LogP contribution in [-0.2, 0) is 0 Å². The third-order valence-electron chi connectivity index (χ3n) is 4.91. The quantitative estimate of drug-likeness (QED) is 0.366. The van der Waals surface area contributed by atoms with Crippen molar-refractivity contribution < 1.29 is 9.90 Å². The Balaban J connectivity index is 1.43. The normalized spacial score (nSPS) is 11.0. The van der Waals surface area contributed by atoms with Crippen LogP contribution in [0.1, 0.15) is 15.9 Å². The van der Waals surface area contributed by atoms with Crippen molar-refractivity contribution in [3.63, 3.8) is 0 Å². The van der Waals surface area contributed by atoms with Gasteiger partial charge < -0.3 is 10.0 Å². The van der Waals surface area contributed by atoms with E-state index in [2.05, 4.69) is 15.4 Å². The maximum absolute atomic E-state index is 12.4. The van der Waals surface area contributed by atoms with Crippen LogP contribution in [0.4, 0.5) is 11.4 Å². The van der Waals surface area contributed by atoms with Crippen LogP contribution >= 0.6 is 0 Å². The summed E-state index contributed by atoms with van der Waals surface area (Å²) in [4.78, 5) is 14.5. The van der Waals surface area contributed by atoms with E-state index in [9.17, 15) is 9.90 Å². The molecule has 0 bridgehead atoms.